The molecule has 0 atom stereocenters. The summed E-state index contributed by atoms with van der Waals surface area (Å²) < 4.78 is 5.14. The summed E-state index contributed by atoms with van der Waals surface area (Å²) in [6.07, 6.45) is 3.16. The monoisotopic (exact) mass is 215 g/mol. The van der Waals surface area contributed by atoms with Crippen LogP contribution in [-0.2, 0) is 4.74 Å². The van der Waals surface area contributed by atoms with Gasteiger partial charge in [-0.15, -0.1) is 0 Å². The Balaban J connectivity index is 2.83. The Morgan fingerprint density at radius 2 is 2.00 bits per heavy atom. The van der Waals surface area contributed by atoms with Gasteiger partial charge in [-0.2, -0.15) is 0 Å². The van der Waals surface area contributed by atoms with Crippen LogP contribution in [0.4, 0.5) is 0 Å². The van der Waals surface area contributed by atoms with Crippen molar-refractivity contribution >= 4 is 12.1 Å². The van der Waals surface area contributed by atoms with Gasteiger partial charge in [0, 0.05) is 5.56 Å². The third kappa shape index (κ3) is 3.73. The molecule has 0 saturated heterocycles. The Hall–Kier alpha value is -1.83. The predicted octanol–water partition coefficient (Wildman–Crippen LogP) is 3.67. The third-order valence-electron chi connectivity index (χ3n) is 1.99. The van der Waals surface area contributed by atoms with E-state index in [1.807, 2.05) is 44.2 Å². The van der Waals surface area contributed by atoms with Crippen molar-refractivity contribution in [3.05, 3.63) is 54.1 Å². The first-order valence-corrected chi connectivity index (χ1v) is 5.23. The molecule has 0 unspecified atom stereocenters. The number of ether oxygens (including phenoxy) is 1. The van der Waals surface area contributed by atoms with Crippen LogP contribution in [0.25, 0.3) is 5.70 Å². The summed E-state index contributed by atoms with van der Waals surface area (Å²) in [7, 11) is 0. The van der Waals surface area contributed by atoms with Gasteiger partial charge in [0.2, 0.25) is 0 Å². The fourth-order valence-corrected chi connectivity index (χ4v) is 1.29. The molecule has 0 saturated carbocycles. The van der Waals surface area contributed by atoms with Crippen molar-refractivity contribution in [2.45, 2.75) is 13.8 Å². The van der Waals surface area contributed by atoms with Crippen LogP contribution in [0.5, 0.6) is 0 Å². The lowest BCUT2D eigenvalue weighted by Gasteiger charge is -2.04. The summed E-state index contributed by atoms with van der Waals surface area (Å²) in [5, 5.41) is 0. The molecule has 16 heavy (non-hydrogen) atoms. The minimum absolute atomic E-state index is 0.480. The zero-order chi connectivity index (χ0) is 11.8. The highest BCUT2D eigenvalue weighted by atomic mass is 16.5. The summed E-state index contributed by atoms with van der Waals surface area (Å²) >= 11 is 0. The highest BCUT2D eigenvalue weighted by Gasteiger charge is 1.99. The van der Waals surface area contributed by atoms with Gasteiger partial charge in [-0.1, -0.05) is 43.0 Å². The molecular weight excluding hydrogens is 198 g/mol. The molecule has 0 amide bonds. The molecule has 1 aromatic carbocycles. The smallest absolute Gasteiger partial charge is 0.174 e. The van der Waals surface area contributed by atoms with Crippen LogP contribution >= 0.6 is 0 Å². The van der Waals surface area contributed by atoms with Gasteiger partial charge in [0.25, 0.3) is 0 Å². The van der Waals surface area contributed by atoms with Crippen LogP contribution in [0.3, 0.4) is 0 Å². The van der Waals surface area contributed by atoms with Crippen molar-refractivity contribution in [3.63, 3.8) is 0 Å². The Morgan fingerprint density at radius 3 is 2.56 bits per heavy atom. The standard InChI is InChI=1S/C14H17NO/c1-4-10-16-11-15-14(12(2)3)13-8-6-5-7-9-13/h4-9,11H,1,10H2,2-3H3. The maximum Gasteiger partial charge on any atom is 0.174 e. The van der Waals surface area contributed by atoms with Gasteiger partial charge in [0.15, 0.2) is 6.40 Å². The summed E-state index contributed by atoms with van der Waals surface area (Å²) in [4.78, 5) is 4.32. The summed E-state index contributed by atoms with van der Waals surface area (Å²) in [6.45, 7) is 8.12. The molecule has 1 aromatic rings. The molecular formula is C14H17NO. The molecule has 84 valence electrons. The van der Waals surface area contributed by atoms with Gasteiger partial charge < -0.3 is 4.74 Å². The number of hydrogen-bond acceptors (Lipinski definition) is 2. The van der Waals surface area contributed by atoms with Gasteiger partial charge in [-0.3, -0.25) is 0 Å². The third-order valence-corrected chi connectivity index (χ3v) is 1.99. The molecule has 1 rings (SSSR count). The van der Waals surface area contributed by atoms with Crippen molar-refractivity contribution in [1.82, 2.24) is 0 Å². The molecule has 0 aliphatic carbocycles. The molecule has 0 aromatic heterocycles. The van der Waals surface area contributed by atoms with E-state index in [1.54, 1.807) is 6.08 Å². The van der Waals surface area contributed by atoms with Crippen LogP contribution < -0.4 is 0 Å². The molecule has 0 spiro atoms. The first-order valence-electron chi connectivity index (χ1n) is 5.23. The van der Waals surface area contributed by atoms with Gasteiger partial charge in [-0.25, -0.2) is 4.99 Å². The molecule has 0 radical (unpaired) electrons. The fourth-order valence-electron chi connectivity index (χ4n) is 1.29. The molecule has 0 N–H and O–H groups in total. The predicted molar refractivity (Wildman–Crippen MR) is 69.4 cm³/mol. The highest BCUT2D eigenvalue weighted by molar-refractivity contribution is 5.72. The van der Waals surface area contributed by atoms with Crippen molar-refractivity contribution in [2.24, 2.45) is 4.99 Å². The van der Waals surface area contributed by atoms with E-state index in [2.05, 4.69) is 11.6 Å². The summed E-state index contributed by atoms with van der Waals surface area (Å²) in [5.74, 6) is 0. The van der Waals surface area contributed by atoms with Crippen LogP contribution in [0.2, 0.25) is 0 Å². The number of allylic oxidation sites excluding steroid dienone is 1. The Morgan fingerprint density at radius 1 is 1.31 bits per heavy atom. The first-order chi connectivity index (χ1) is 7.75. The molecule has 0 aliphatic rings. The summed E-state index contributed by atoms with van der Waals surface area (Å²) in [5.41, 5.74) is 3.20. The largest absolute Gasteiger partial charge is 0.479 e. The lowest BCUT2D eigenvalue weighted by Crippen LogP contribution is -1.89. The quantitative estimate of drug-likeness (QED) is 0.318. The Kier molecular flexibility index (Phi) is 5.06. The number of hydrogen-bond donors (Lipinski definition) is 0. The second kappa shape index (κ2) is 6.62. The number of rotatable bonds is 5. The maximum absolute atomic E-state index is 5.14. The van der Waals surface area contributed by atoms with Gasteiger partial charge >= 0.3 is 0 Å². The molecule has 0 heterocycles. The zero-order valence-electron chi connectivity index (χ0n) is 9.81. The minimum Gasteiger partial charge on any atom is -0.479 e. The van der Waals surface area contributed by atoms with E-state index in [0.29, 0.717) is 6.61 Å². The van der Waals surface area contributed by atoms with E-state index in [0.717, 1.165) is 16.8 Å². The van der Waals surface area contributed by atoms with E-state index in [4.69, 9.17) is 4.74 Å². The SMILES string of the molecule is C=CCOC=NC(=C(C)C)c1ccccc1. The Bertz CT molecular complexity index is 386. The van der Waals surface area contributed by atoms with E-state index in [-0.39, 0.29) is 0 Å². The average Bonchev–Trinajstić information content (AvgIpc) is 2.30. The van der Waals surface area contributed by atoms with Crippen molar-refractivity contribution in [2.75, 3.05) is 6.61 Å². The molecule has 2 nitrogen and oxygen atoms in total. The maximum atomic E-state index is 5.14. The van der Waals surface area contributed by atoms with E-state index in [1.165, 1.54) is 6.40 Å². The van der Waals surface area contributed by atoms with Crippen molar-refractivity contribution in [3.8, 4) is 0 Å². The van der Waals surface area contributed by atoms with Crippen LogP contribution in [0.1, 0.15) is 19.4 Å². The van der Waals surface area contributed by atoms with Gasteiger partial charge in [0.1, 0.15) is 6.61 Å². The lowest BCUT2D eigenvalue weighted by atomic mass is 10.1. The topological polar surface area (TPSA) is 21.6 Å². The number of benzene rings is 1. The Labute approximate surface area is 97.0 Å². The van der Waals surface area contributed by atoms with Gasteiger partial charge in [0.05, 0.1) is 5.70 Å². The molecule has 0 aliphatic heterocycles. The fraction of sp³-hybridized carbons (Fsp3) is 0.214. The van der Waals surface area contributed by atoms with Crippen LogP contribution in [0.15, 0.2) is 53.6 Å². The van der Waals surface area contributed by atoms with Gasteiger partial charge in [-0.05, 0) is 19.4 Å². The lowest BCUT2D eigenvalue weighted by molar-refractivity contribution is 0.368. The summed E-state index contributed by atoms with van der Waals surface area (Å²) in [6, 6.07) is 10.1. The van der Waals surface area contributed by atoms with E-state index >= 15 is 0 Å². The average molecular weight is 215 g/mol. The van der Waals surface area contributed by atoms with Crippen LogP contribution in [-0.4, -0.2) is 13.0 Å². The second-order valence-corrected chi connectivity index (χ2v) is 3.57. The van der Waals surface area contributed by atoms with E-state index in [9.17, 15) is 0 Å². The first kappa shape index (κ1) is 12.2. The van der Waals surface area contributed by atoms with Crippen LogP contribution in [0, 0.1) is 0 Å². The molecule has 2 heteroatoms. The molecule has 0 bridgehead atoms. The van der Waals surface area contributed by atoms with Crippen molar-refractivity contribution < 1.29 is 4.74 Å². The zero-order valence-corrected chi connectivity index (χ0v) is 9.81. The molecule has 0 fully saturated rings. The highest BCUT2D eigenvalue weighted by Crippen LogP contribution is 2.19. The van der Waals surface area contributed by atoms with Crippen molar-refractivity contribution in [1.29, 1.82) is 0 Å². The minimum atomic E-state index is 0.480. The number of nitrogens with zero attached hydrogens (tertiary/aromatic N) is 1. The normalized spacial score (nSPS) is 10.1. The second-order valence-electron chi connectivity index (χ2n) is 3.57. The number of aliphatic imine (C=N–C) groups is 1. The van der Waals surface area contributed by atoms with E-state index < -0.39 is 0 Å².